The van der Waals surface area contributed by atoms with Crippen molar-refractivity contribution >= 4 is 5.78 Å². The minimum absolute atomic E-state index is 0.00127. The van der Waals surface area contributed by atoms with Gasteiger partial charge in [0.2, 0.25) is 0 Å². The maximum absolute atomic E-state index is 12.3. The van der Waals surface area contributed by atoms with Crippen LogP contribution in [0.2, 0.25) is 0 Å². The van der Waals surface area contributed by atoms with Gasteiger partial charge in [0, 0.05) is 39.8 Å². The average molecular weight is 405 g/mol. The van der Waals surface area contributed by atoms with E-state index in [9.17, 15) is 4.79 Å². The number of H-pyrrole nitrogens is 2. The van der Waals surface area contributed by atoms with Crippen LogP contribution in [0, 0.1) is 33.6 Å². The number of carbonyl (C=O) groups is 1. The minimum atomic E-state index is -0.00127. The van der Waals surface area contributed by atoms with Crippen molar-refractivity contribution in [1.29, 1.82) is 0 Å². The van der Waals surface area contributed by atoms with Crippen molar-refractivity contribution in [3.63, 3.8) is 0 Å². The number of ether oxygens (including phenoxy) is 1. The van der Waals surface area contributed by atoms with E-state index in [0.29, 0.717) is 5.92 Å². The maximum atomic E-state index is 12.3. The molecule has 2 aromatic rings. The number of aryl methyl sites for hydroxylation is 2. The molecule has 0 saturated carbocycles. The van der Waals surface area contributed by atoms with Crippen molar-refractivity contribution in [2.75, 3.05) is 6.61 Å². The number of ketones is 1. The maximum Gasteiger partial charge on any atom is 0.161 e. The average Bonchev–Trinajstić information content (AvgIpc) is 2.99. The van der Waals surface area contributed by atoms with E-state index in [2.05, 4.69) is 68.0 Å². The number of carbonyl (C=O) groups excluding carboxylic acids is 1. The standard InChI is InChI=1S/C26H32N2O2/c1-14-13-30-26(14)22-16(3)25(28-18(22)5)23(20-11-9-7-8-10-12-20)24-15(2)21(19(6)29)17(4)27-24/h7,9-12,14,23,26-28H,8,13H2,1-6H3. The van der Waals surface area contributed by atoms with Crippen LogP contribution in [-0.4, -0.2) is 22.4 Å². The molecule has 1 fully saturated rings. The Labute approximate surface area is 179 Å². The third kappa shape index (κ3) is 3.33. The first kappa shape index (κ1) is 20.7. The predicted molar refractivity (Wildman–Crippen MR) is 121 cm³/mol. The van der Waals surface area contributed by atoms with Crippen LogP contribution in [0.15, 0.2) is 36.0 Å². The fraction of sp³-hybridized carbons (Fsp3) is 0.423. The molecule has 4 heteroatoms. The number of Topliss-reactive ketones (excluding diaryl/α,β-unsaturated/α-hetero) is 1. The lowest BCUT2D eigenvalue weighted by molar-refractivity contribution is -0.110. The molecular weight excluding hydrogens is 372 g/mol. The molecule has 4 rings (SSSR count). The molecule has 0 radical (unpaired) electrons. The molecule has 0 spiro atoms. The normalized spacial score (nSPS) is 21.9. The number of aromatic amines is 2. The van der Waals surface area contributed by atoms with Crippen molar-refractivity contribution in [3.8, 4) is 0 Å². The molecule has 0 amide bonds. The van der Waals surface area contributed by atoms with Crippen LogP contribution in [0.25, 0.3) is 0 Å². The Balaban J connectivity index is 1.92. The van der Waals surface area contributed by atoms with Crippen molar-refractivity contribution in [2.24, 2.45) is 5.92 Å². The van der Waals surface area contributed by atoms with Crippen molar-refractivity contribution in [1.82, 2.24) is 9.97 Å². The number of nitrogens with one attached hydrogen (secondary N) is 2. The van der Waals surface area contributed by atoms with Gasteiger partial charge in [-0.1, -0.05) is 37.3 Å². The Hall–Kier alpha value is -2.59. The molecule has 0 aromatic carbocycles. The van der Waals surface area contributed by atoms with Crippen LogP contribution < -0.4 is 0 Å². The van der Waals surface area contributed by atoms with E-state index in [1.54, 1.807) is 6.92 Å². The number of hydrogen-bond acceptors (Lipinski definition) is 2. The number of allylic oxidation sites excluding steroid dienone is 6. The van der Waals surface area contributed by atoms with E-state index >= 15 is 0 Å². The van der Waals surface area contributed by atoms with Gasteiger partial charge in [0.15, 0.2) is 5.78 Å². The van der Waals surface area contributed by atoms with Gasteiger partial charge in [-0.15, -0.1) is 0 Å². The summed E-state index contributed by atoms with van der Waals surface area (Å²) >= 11 is 0. The second-order valence-corrected chi connectivity index (χ2v) is 8.82. The molecule has 2 aromatic heterocycles. The fourth-order valence-electron chi connectivity index (χ4n) is 5.11. The molecule has 158 valence electrons. The Morgan fingerprint density at radius 3 is 2.37 bits per heavy atom. The first-order valence-electron chi connectivity index (χ1n) is 10.8. The third-order valence-electron chi connectivity index (χ3n) is 6.62. The molecule has 1 aliphatic heterocycles. The van der Waals surface area contributed by atoms with E-state index in [0.717, 1.165) is 35.5 Å². The number of rotatable bonds is 5. The first-order valence-corrected chi connectivity index (χ1v) is 10.8. The molecule has 3 atom stereocenters. The summed E-state index contributed by atoms with van der Waals surface area (Å²) in [4.78, 5) is 19.6. The highest BCUT2D eigenvalue weighted by atomic mass is 16.5. The van der Waals surface area contributed by atoms with Gasteiger partial charge in [0.05, 0.1) is 18.6 Å². The van der Waals surface area contributed by atoms with E-state index in [1.165, 1.54) is 28.1 Å². The molecule has 1 saturated heterocycles. The molecule has 4 nitrogen and oxygen atoms in total. The van der Waals surface area contributed by atoms with E-state index < -0.39 is 0 Å². The van der Waals surface area contributed by atoms with Gasteiger partial charge in [-0.05, 0) is 57.7 Å². The molecular formula is C26H32N2O2. The van der Waals surface area contributed by atoms with Gasteiger partial charge in [-0.25, -0.2) is 0 Å². The summed E-state index contributed by atoms with van der Waals surface area (Å²) in [5.74, 6) is 0.634. The largest absolute Gasteiger partial charge is 0.373 e. The van der Waals surface area contributed by atoms with E-state index in [4.69, 9.17) is 4.74 Å². The van der Waals surface area contributed by atoms with Crippen LogP contribution in [-0.2, 0) is 4.74 Å². The lowest BCUT2D eigenvalue weighted by Gasteiger charge is -2.35. The zero-order valence-corrected chi connectivity index (χ0v) is 18.8. The summed E-state index contributed by atoms with van der Waals surface area (Å²) in [7, 11) is 0. The lowest BCUT2D eigenvalue weighted by Crippen LogP contribution is -2.30. The van der Waals surface area contributed by atoms with Gasteiger partial charge >= 0.3 is 0 Å². The highest BCUT2D eigenvalue weighted by Crippen LogP contribution is 2.44. The zero-order valence-electron chi connectivity index (χ0n) is 18.8. The Morgan fingerprint density at radius 1 is 1.07 bits per heavy atom. The van der Waals surface area contributed by atoms with Crippen LogP contribution >= 0.6 is 0 Å². The SMILES string of the molecule is CC(=O)c1c(C)[nH]c(C(C2=CC=CCC=C2)c2[nH]c(C)c(C3OCC3C)c2C)c1C. The second kappa shape index (κ2) is 7.92. The smallest absolute Gasteiger partial charge is 0.161 e. The molecule has 0 bridgehead atoms. The predicted octanol–water partition coefficient (Wildman–Crippen LogP) is 6.06. The van der Waals surface area contributed by atoms with E-state index in [-0.39, 0.29) is 17.8 Å². The third-order valence-corrected chi connectivity index (χ3v) is 6.62. The van der Waals surface area contributed by atoms with Gasteiger partial charge in [0.25, 0.3) is 0 Å². The Bertz CT molecular complexity index is 1080. The molecule has 3 unspecified atom stereocenters. The Morgan fingerprint density at radius 2 is 1.77 bits per heavy atom. The highest BCUT2D eigenvalue weighted by molar-refractivity contribution is 5.97. The van der Waals surface area contributed by atoms with Gasteiger partial charge < -0.3 is 14.7 Å². The molecule has 2 aliphatic rings. The van der Waals surface area contributed by atoms with Crippen LogP contribution in [0.5, 0.6) is 0 Å². The summed E-state index contributed by atoms with van der Waals surface area (Å²) in [6, 6.07) is 0. The second-order valence-electron chi connectivity index (χ2n) is 8.82. The molecule has 1 aliphatic carbocycles. The van der Waals surface area contributed by atoms with Gasteiger partial charge in [-0.3, -0.25) is 4.79 Å². The summed E-state index contributed by atoms with van der Waals surface area (Å²) in [6.45, 7) is 13.1. The highest BCUT2D eigenvalue weighted by Gasteiger charge is 2.36. The fourth-order valence-corrected chi connectivity index (χ4v) is 5.11. The monoisotopic (exact) mass is 404 g/mol. The van der Waals surface area contributed by atoms with Crippen LogP contribution in [0.1, 0.15) is 82.1 Å². The summed E-state index contributed by atoms with van der Waals surface area (Å²) in [5, 5.41) is 0. The zero-order chi connectivity index (χ0) is 21.6. The summed E-state index contributed by atoms with van der Waals surface area (Å²) in [5.41, 5.74) is 9.97. The summed E-state index contributed by atoms with van der Waals surface area (Å²) < 4.78 is 5.92. The topological polar surface area (TPSA) is 57.9 Å². The minimum Gasteiger partial charge on any atom is -0.373 e. The van der Waals surface area contributed by atoms with Crippen molar-refractivity contribution < 1.29 is 9.53 Å². The van der Waals surface area contributed by atoms with Crippen molar-refractivity contribution in [3.05, 3.63) is 81.0 Å². The molecule has 3 heterocycles. The van der Waals surface area contributed by atoms with E-state index in [1.807, 2.05) is 6.92 Å². The number of aromatic nitrogens is 2. The van der Waals surface area contributed by atoms with Gasteiger partial charge in [-0.2, -0.15) is 0 Å². The van der Waals surface area contributed by atoms with Crippen LogP contribution in [0.3, 0.4) is 0 Å². The Kier molecular flexibility index (Phi) is 5.46. The van der Waals surface area contributed by atoms with Crippen LogP contribution in [0.4, 0.5) is 0 Å². The van der Waals surface area contributed by atoms with Crippen molar-refractivity contribution in [2.45, 2.75) is 60.0 Å². The molecule has 30 heavy (non-hydrogen) atoms. The molecule has 2 N–H and O–H groups in total. The summed E-state index contributed by atoms with van der Waals surface area (Å²) in [6.07, 6.45) is 12.0. The van der Waals surface area contributed by atoms with Gasteiger partial charge in [0.1, 0.15) is 0 Å². The number of hydrogen-bond donors (Lipinski definition) is 2. The lowest BCUT2D eigenvalue weighted by atomic mass is 9.84. The quantitative estimate of drug-likeness (QED) is 0.595. The first-order chi connectivity index (χ1) is 14.3.